The lowest BCUT2D eigenvalue weighted by Gasteiger charge is -1.95. The zero-order chi connectivity index (χ0) is 6.69. The molecule has 0 N–H and O–H groups in total. The lowest BCUT2D eigenvalue weighted by Crippen LogP contribution is -2.00. The molecule has 0 bridgehead atoms. The summed E-state index contributed by atoms with van der Waals surface area (Å²) in [6, 6.07) is 0. The Hall–Kier alpha value is -0.130. The molecule has 1 aromatic heterocycles. The largest absolute Gasteiger partial charge is 0.241 e. The highest BCUT2D eigenvalue weighted by Gasteiger charge is 1.95. The Kier molecular flexibility index (Phi) is 2.44. The van der Waals surface area contributed by atoms with Gasteiger partial charge >= 0.3 is 0 Å². The topological polar surface area (TPSA) is 30.7 Å². The van der Waals surface area contributed by atoms with Crippen LogP contribution < -0.4 is 0 Å². The van der Waals surface area contributed by atoms with Crippen molar-refractivity contribution < 1.29 is 0 Å². The molecule has 1 rings (SSSR count). The first-order chi connectivity index (χ1) is 4.34. The third-order valence-corrected chi connectivity index (χ3v) is 1.84. The number of nitrogens with zero attached hydrogens (tertiary/aromatic N) is 3. The second kappa shape index (κ2) is 3.14. The summed E-state index contributed by atoms with van der Waals surface area (Å²) in [5.74, 6) is 0. The van der Waals surface area contributed by atoms with Crippen LogP contribution >= 0.6 is 22.6 Å². The van der Waals surface area contributed by atoms with Gasteiger partial charge in [-0.1, -0.05) is 6.92 Å². The first kappa shape index (κ1) is 6.98. The summed E-state index contributed by atoms with van der Waals surface area (Å²) >= 11 is 2.17. The number of halogens is 1. The predicted molar refractivity (Wildman–Crippen MR) is 43.0 cm³/mol. The molecular weight excluding hydrogens is 229 g/mol. The Morgan fingerprint density at radius 2 is 2.56 bits per heavy atom. The zero-order valence-electron chi connectivity index (χ0n) is 5.21. The van der Waals surface area contributed by atoms with Gasteiger partial charge in [0.2, 0.25) is 0 Å². The molecule has 0 spiro atoms. The van der Waals surface area contributed by atoms with Crippen LogP contribution in [0.3, 0.4) is 0 Å². The third kappa shape index (κ3) is 1.64. The molecule has 0 atom stereocenters. The Balaban J connectivity index is 2.69. The normalized spacial score (nSPS) is 10.0. The van der Waals surface area contributed by atoms with Crippen molar-refractivity contribution in [2.45, 2.75) is 19.9 Å². The van der Waals surface area contributed by atoms with Crippen LogP contribution in [-0.4, -0.2) is 14.8 Å². The van der Waals surface area contributed by atoms with Crippen LogP contribution in [0.4, 0.5) is 0 Å². The van der Waals surface area contributed by atoms with Crippen LogP contribution in [0.25, 0.3) is 0 Å². The van der Waals surface area contributed by atoms with E-state index >= 15 is 0 Å². The number of hydrogen-bond donors (Lipinski definition) is 0. The van der Waals surface area contributed by atoms with Crippen molar-refractivity contribution in [1.82, 2.24) is 14.8 Å². The van der Waals surface area contributed by atoms with Gasteiger partial charge in [-0.2, -0.15) is 5.10 Å². The van der Waals surface area contributed by atoms with Crippen molar-refractivity contribution in [2.75, 3.05) is 0 Å². The minimum Gasteiger partial charge on any atom is -0.241 e. The Bertz CT molecular complexity index is 184. The van der Waals surface area contributed by atoms with Crippen LogP contribution in [-0.2, 0) is 6.54 Å². The molecular formula is C5H8IN3. The minimum atomic E-state index is 0.967. The fourth-order valence-electron chi connectivity index (χ4n) is 0.612. The standard InChI is InChI=1S/C5H8IN3/c1-2-3-9-5(6)7-4-8-9/h4H,2-3H2,1H3. The van der Waals surface area contributed by atoms with Gasteiger partial charge in [0.15, 0.2) is 3.83 Å². The Labute approximate surface area is 67.6 Å². The van der Waals surface area contributed by atoms with Crippen molar-refractivity contribution in [3.63, 3.8) is 0 Å². The van der Waals surface area contributed by atoms with E-state index in [1.165, 1.54) is 0 Å². The van der Waals surface area contributed by atoms with Gasteiger partial charge in [-0.15, -0.1) is 0 Å². The predicted octanol–water partition coefficient (Wildman–Crippen LogP) is 1.29. The van der Waals surface area contributed by atoms with Gasteiger partial charge in [0.1, 0.15) is 6.33 Å². The minimum absolute atomic E-state index is 0.967. The number of rotatable bonds is 2. The van der Waals surface area contributed by atoms with Gasteiger partial charge < -0.3 is 0 Å². The van der Waals surface area contributed by atoms with E-state index in [9.17, 15) is 0 Å². The number of aromatic nitrogens is 3. The van der Waals surface area contributed by atoms with Gasteiger partial charge in [0, 0.05) is 29.1 Å². The van der Waals surface area contributed by atoms with Crippen LogP contribution in [0.5, 0.6) is 0 Å². The van der Waals surface area contributed by atoms with E-state index < -0.39 is 0 Å². The van der Waals surface area contributed by atoms with Gasteiger partial charge in [0.25, 0.3) is 0 Å². The maximum Gasteiger partial charge on any atom is 0.189 e. The molecule has 1 aromatic rings. The average Bonchev–Trinajstić information content (AvgIpc) is 2.18. The van der Waals surface area contributed by atoms with Crippen molar-refractivity contribution in [3.05, 3.63) is 10.2 Å². The van der Waals surface area contributed by atoms with Gasteiger partial charge in [0.05, 0.1) is 0 Å². The first-order valence-electron chi connectivity index (χ1n) is 2.88. The Morgan fingerprint density at radius 1 is 1.78 bits per heavy atom. The average molecular weight is 237 g/mol. The SMILES string of the molecule is CCCn1ncnc1I. The lowest BCUT2D eigenvalue weighted by atomic mass is 10.5. The second-order valence-electron chi connectivity index (χ2n) is 1.75. The molecule has 0 radical (unpaired) electrons. The highest BCUT2D eigenvalue weighted by molar-refractivity contribution is 14.1. The molecule has 0 saturated heterocycles. The number of hydrogen-bond acceptors (Lipinski definition) is 2. The maximum absolute atomic E-state index is 4.00. The van der Waals surface area contributed by atoms with E-state index in [2.05, 4.69) is 39.6 Å². The summed E-state index contributed by atoms with van der Waals surface area (Å²) in [4.78, 5) is 3.97. The lowest BCUT2D eigenvalue weighted by molar-refractivity contribution is 0.587. The van der Waals surface area contributed by atoms with E-state index in [1.54, 1.807) is 6.33 Å². The molecule has 0 aliphatic carbocycles. The number of aryl methyl sites for hydroxylation is 1. The molecule has 4 heteroatoms. The van der Waals surface area contributed by atoms with Gasteiger partial charge in [-0.05, 0) is 6.42 Å². The third-order valence-electron chi connectivity index (χ3n) is 1.00. The summed E-state index contributed by atoms with van der Waals surface area (Å²) in [6.07, 6.45) is 2.69. The Morgan fingerprint density at radius 3 is 3.00 bits per heavy atom. The molecule has 0 unspecified atom stereocenters. The molecule has 9 heavy (non-hydrogen) atoms. The zero-order valence-corrected chi connectivity index (χ0v) is 7.37. The smallest absolute Gasteiger partial charge is 0.189 e. The summed E-state index contributed by atoms with van der Waals surface area (Å²) in [6.45, 7) is 3.09. The molecule has 3 nitrogen and oxygen atoms in total. The molecule has 0 aliphatic rings. The summed E-state index contributed by atoms with van der Waals surface area (Å²) in [5, 5.41) is 4.00. The van der Waals surface area contributed by atoms with Gasteiger partial charge in [-0.3, -0.25) is 0 Å². The van der Waals surface area contributed by atoms with Crippen molar-refractivity contribution >= 4 is 22.6 Å². The fourth-order valence-corrected chi connectivity index (χ4v) is 1.10. The van der Waals surface area contributed by atoms with E-state index in [-0.39, 0.29) is 0 Å². The van der Waals surface area contributed by atoms with Crippen molar-refractivity contribution in [3.8, 4) is 0 Å². The second-order valence-corrected chi connectivity index (χ2v) is 2.72. The highest BCUT2D eigenvalue weighted by Crippen LogP contribution is 1.98. The quantitative estimate of drug-likeness (QED) is 0.725. The first-order valence-corrected chi connectivity index (χ1v) is 3.95. The molecule has 0 fully saturated rings. The van der Waals surface area contributed by atoms with Gasteiger partial charge in [-0.25, -0.2) is 9.67 Å². The summed E-state index contributed by atoms with van der Waals surface area (Å²) in [5.41, 5.74) is 0. The van der Waals surface area contributed by atoms with Crippen LogP contribution in [0, 0.1) is 3.83 Å². The monoisotopic (exact) mass is 237 g/mol. The van der Waals surface area contributed by atoms with Crippen molar-refractivity contribution in [2.24, 2.45) is 0 Å². The van der Waals surface area contributed by atoms with Crippen LogP contribution in [0.15, 0.2) is 6.33 Å². The molecule has 50 valence electrons. The molecule has 0 saturated carbocycles. The fraction of sp³-hybridized carbons (Fsp3) is 0.600. The van der Waals surface area contributed by atoms with E-state index in [1.807, 2.05) is 4.68 Å². The highest BCUT2D eigenvalue weighted by atomic mass is 127. The van der Waals surface area contributed by atoms with Crippen LogP contribution in [0.1, 0.15) is 13.3 Å². The summed E-state index contributed by atoms with van der Waals surface area (Å²) < 4.78 is 2.86. The van der Waals surface area contributed by atoms with E-state index in [0.29, 0.717) is 0 Å². The molecule has 0 amide bonds. The maximum atomic E-state index is 4.00. The molecule has 1 heterocycles. The van der Waals surface area contributed by atoms with E-state index in [0.717, 1.165) is 16.8 Å². The van der Waals surface area contributed by atoms with E-state index in [4.69, 9.17) is 0 Å². The molecule has 0 aliphatic heterocycles. The van der Waals surface area contributed by atoms with Crippen molar-refractivity contribution in [1.29, 1.82) is 0 Å². The van der Waals surface area contributed by atoms with Crippen LogP contribution in [0.2, 0.25) is 0 Å². The molecule has 0 aromatic carbocycles. The summed E-state index contributed by atoms with van der Waals surface area (Å²) in [7, 11) is 0.